The number of amides is 1. The number of fused-ring (bicyclic) bond motifs is 1. The Morgan fingerprint density at radius 1 is 1.36 bits per heavy atom. The van der Waals surface area contributed by atoms with Crippen molar-refractivity contribution in [2.45, 2.75) is 32.9 Å². The first-order valence-corrected chi connectivity index (χ1v) is 8.52. The molecule has 4 nitrogen and oxygen atoms in total. The summed E-state index contributed by atoms with van der Waals surface area (Å²) in [5, 5.41) is 4.18. The molecule has 1 aromatic heterocycles. The molecule has 116 valence electrons. The van der Waals surface area contributed by atoms with Gasteiger partial charge in [0.2, 0.25) is 0 Å². The van der Waals surface area contributed by atoms with Crippen molar-refractivity contribution in [1.82, 2.24) is 9.88 Å². The maximum atomic E-state index is 12.2. The van der Waals surface area contributed by atoms with Crippen molar-refractivity contribution in [3.63, 3.8) is 0 Å². The Morgan fingerprint density at radius 2 is 2.09 bits per heavy atom. The molecule has 0 aliphatic carbocycles. The molecule has 0 saturated heterocycles. The van der Waals surface area contributed by atoms with E-state index in [-0.39, 0.29) is 5.91 Å². The van der Waals surface area contributed by atoms with Crippen LogP contribution in [0.1, 0.15) is 34.8 Å². The molecule has 0 unspecified atom stereocenters. The normalized spacial score (nSPS) is 14.9. The first-order valence-electron chi connectivity index (χ1n) is 7.32. The van der Waals surface area contributed by atoms with Crippen molar-refractivity contribution in [3.05, 3.63) is 45.4 Å². The molecule has 1 aliphatic rings. The third-order valence-corrected chi connectivity index (χ3v) is 5.07. The molecule has 0 bridgehead atoms. The number of nitrogens with zero attached hydrogens (tertiary/aromatic N) is 2. The summed E-state index contributed by atoms with van der Waals surface area (Å²) in [7, 11) is 0. The van der Waals surface area contributed by atoms with Crippen molar-refractivity contribution in [3.8, 4) is 0 Å². The van der Waals surface area contributed by atoms with Gasteiger partial charge < -0.3 is 0 Å². The van der Waals surface area contributed by atoms with Crippen LogP contribution in [-0.4, -0.2) is 28.4 Å². The SMILES string of the molecule is CC(C)N1CCc2nc(NC(=O)c3ccc(Cl)cc3)sc2C1. The fourth-order valence-corrected chi connectivity index (χ4v) is 3.63. The number of anilines is 1. The number of aromatic nitrogens is 1. The summed E-state index contributed by atoms with van der Waals surface area (Å²) >= 11 is 7.41. The molecule has 0 atom stereocenters. The Morgan fingerprint density at radius 3 is 2.77 bits per heavy atom. The number of carbonyl (C=O) groups excluding carboxylic acids is 1. The smallest absolute Gasteiger partial charge is 0.257 e. The van der Waals surface area contributed by atoms with Crippen LogP contribution in [0.5, 0.6) is 0 Å². The molecule has 6 heteroatoms. The van der Waals surface area contributed by atoms with E-state index in [1.807, 2.05) is 0 Å². The lowest BCUT2D eigenvalue weighted by Crippen LogP contribution is -2.35. The van der Waals surface area contributed by atoms with Crippen LogP contribution in [0.4, 0.5) is 5.13 Å². The minimum Gasteiger partial charge on any atom is -0.298 e. The maximum Gasteiger partial charge on any atom is 0.257 e. The molecule has 3 rings (SSSR count). The topological polar surface area (TPSA) is 45.2 Å². The molecule has 0 spiro atoms. The molecule has 2 aromatic rings. The van der Waals surface area contributed by atoms with E-state index in [1.165, 1.54) is 4.88 Å². The monoisotopic (exact) mass is 335 g/mol. The summed E-state index contributed by atoms with van der Waals surface area (Å²) in [5.74, 6) is -0.150. The van der Waals surface area contributed by atoms with Crippen molar-refractivity contribution in [2.24, 2.45) is 0 Å². The van der Waals surface area contributed by atoms with E-state index < -0.39 is 0 Å². The van der Waals surface area contributed by atoms with Gasteiger partial charge in [0.05, 0.1) is 5.69 Å². The number of nitrogens with one attached hydrogen (secondary N) is 1. The van der Waals surface area contributed by atoms with Gasteiger partial charge in [-0.1, -0.05) is 11.6 Å². The molecule has 2 heterocycles. The van der Waals surface area contributed by atoms with E-state index in [0.29, 0.717) is 21.8 Å². The highest BCUT2D eigenvalue weighted by molar-refractivity contribution is 7.15. The van der Waals surface area contributed by atoms with Crippen molar-refractivity contribution >= 4 is 34.0 Å². The minimum atomic E-state index is -0.150. The van der Waals surface area contributed by atoms with E-state index in [2.05, 4.69) is 29.0 Å². The van der Waals surface area contributed by atoms with Crippen LogP contribution in [0.25, 0.3) is 0 Å². The summed E-state index contributed by atoms with van der Waals surface area (Å²) in [4.78, 5) is 20.5. The average Bonchev–Trinajstić information content (AvgIpc) is 2.88. The van der Waals surface area contributed by atoms with Crippen molar-refractivity contribution in [2.75, 3.05) is 11.9 Å². The molecule has 0 radical (unpaired) electrons. The highest BCUT2D eigenvalue weighted by Crippen LogP contribution is 2.29. The predicted molar refractivity (Wildman–Crippen MR) is 90.8 cm³/mol. The summed E-state index contributed by atoms with van der Waals surface area (Å²) in [6, 6.07) is 7.38. The van der Waals surface area contributed by atoms with Gasteiger partial charge in [-0.2, -0.15) is 0 Å². The maximum absolute atomic E-state index is 12.2. The van der Waals surface area contributed by atoms with Gasteiger partial charge in [-0.05, 0) is 38.1 Å². The second kappa shape index (κ2) is 6.36. The molecule has 1 N–H and O–H groups in total. The molecular weight excluding hydrogens is 318 g/mol. The van der Waals surface area contributed by atoms with E-state index in [4.69, 9.17) is 11.6 Å². The largest absolute Gasteiger partial charge is 0.298 e. The van der Waals surface area contributed by atoms with E-state index >= 15 is 0 Å². The summed E-state index contributed by atoms with van der Waals surface area (Å²) in [6.07, 6.45) is 0.945. The van der Waals surface area contributed by atoms with Crippen LogP contribution in [0.15, 0.2) is 24.3 Å². The predicted octanol–water partition coefficient (Wildman–Crippen LogP) is 3.82. The summed E-state index contributed by atoms with van der Waals surface area (Å²) in [5.41, 5.74) is 1.70. The van der Waals surface area contributed by atoms with E-state index in [9.17, 15) is 4.79 Å². The fraction of sp³-hybridized carbons (Fsp3) is 0.375. The molecule has 1 aromatic carbocycles. The van der Waals surface area contributed by atoms with Gasteiger partial charge >= 0.3 is 0 Å². The number of carbonyl (C=O) groups is 1. The Labute approximate surface area is 139 Å². The number of thiazole rings is 1. The number of halogens is 1. The van der Waals surface area contributed by atoms with Gasteiger partial charge in [-0.15, -0.1) is 11.3 Å². The molecule has 0 saturated carbocycles. The Hall–Kier alpha value is -1.43. The zero-order valence-electron chi connectivity index (χ0n) is 12.6. The van der Waals surface area contributed by atoms with Gasteiger partial charge in [0.1, 0.15) is 0 Å². The molecule has 0 fully saturated rings. The number of hydrogen-bond donors (Lipinski definition) is 1. The summed E-state index contributed by atoms with van der Waals surface area (Å²) in [6.45, 7) is 6.35. The van der Waals surface area contributed by atoms with Gasteiger partial charge in [0.15, 0.2) is 5.13 Å². The van der Waals surface area contributed by atoms with Gasteiger partial charge in [-0.25, -0.2) is 4.98 Å². The molecule has 1 amide bonds. The summed E-state index contributed by atoms with van der Waals surface area (Å²) < 4.78 is 0. The van der Waals surface area contributed by atoms with Gasteiger partial charge in [0.25, 0.3) is 5.91 Å². The standard InChI is InChI=1S/C16H18ClN3OS/c1-10(2)20-8-7-13-14(9-20)22-16(18-13)19-15(21)11-3-5-12(17)6-4-11/h3-6,10H,7-9H2,1-2H3,(H,18,19,21). The zero-order chi connectivity index (χ0) is 15.7. The quantitative estimate of drug-likeness (QED) is 0.927. The average molecular weight is 336 g/mol. The molecule has 1 aliphatic heterocycles. The zero-order valence-corrected chi connectivity index (χ0v) is 14.2. The lowest BCUT2D eigenvalue weighted by Gasteiger charge is -2.29. The highest BCUT2D eigenvalue weighted by atomic mass is 35.5. The van der Waals surface area contributed by atoms with Crippen LogP contribution in [0.2, 0.25) is 5.02 Å². The Kier molecular flexibility index (Phi) is 4.47. The fourth-order valence-electron chi connectivity index (χ4n) is 2.48. The van der Waals surface area contributed by atoms with Crippen molar-refractivity contribution in [1.29, 1.82) is 0 Å². The van der Waals surface area contributed by atoms with Crippen LogP contribution in [0, 0.1) is 0 Å². The lowest BCUT2D eigenvalue weighted by atomic mass is 10.1. The molecule has 22 heavy (non-hydrogen) atoms. The Balaban J connectivity index is 1.72. The van der Waals surface area contributed by atoms with Gasteiger partial charge in [0, 0.05) is 41.0 Å². The van der Waals surface area contributed by atoms with Crippen LogP contribution in [0.3, 0.4) is 0 Å². The van der Waals surface area contributed by atoms with Gasteiger partial charge in [-0.3, -0.25) is 15.0 Å². The third-order valence-electron chi connectivity index (χ3n) is 3.82. The minimum absolute atomic E-state index is 0.150. The molecular formula is C16H18ClN3OS. The Bertz CT molecular complexity index is 681. The van der Waals surface area contributed by atoms with E-state index in [0.717, 1.165) is 25.2 Å². The first kappa shape index (κ1) is 15.5. The third kappa shape index (κ3) is 3.32. The first-order chi connectivity index (χ1) is 10.5. The second-order valence-corrected chi connectivity index (χ2v) is 7.18. The highest BCUT2D eigenvalue weighted by Gasteiger charge is 2.22. The second-order valence-electron chi connectivity index (χ2n) is 5.66. The lowest BCUT2D eigenvalue weighted by molar-refractivity contribution is 0.102. The number of hydrogen-bond acceptors (Lipinski definition) is 4. The van der Waals surface area contributed by atoms with Crippen LogP contribution < -0.4 is 5.32 Å². The number of benzene rings is 1. The van der Waals surface area contributed by atoms with Crippen LogP contribution in [-0.2, 0) is 13.0 Å². The van der Waals surface area contributed by atoms with E-state index in [1.54, 1.807) is 35.6 Å². The van der Waals surface area contributed by atoms with Crippen molar-refractivity contribution < 1.29 is 4.79 Å². The van der Waals surface area contributed by atoms with Crippen LogP contribution >= 0.6 is 22.9 Å². The number of rotatable bonds is 3.